The molecule has 0 unspecified atom stereocenters. The van der Waals surface area contributed by atoms with Gasteiger partial charge in [-0.3, -0.25) is 14.9 Å². The van der Waals surface area contributed by atoms with E-state index in [1.165, 1.54) is 24.3 Å². The van der Waals surface area contributed by atoms with Crippen LogP contribution >= 0.6 is 0 Å². The number of nitrogens with one attached hydrogen (secondary N) is 1. The number of hydrogen-bond acceptors (Lipinski definition) is 4. The number of carbonyl (C=O) groups is 1. The molecule has 0 bridgehead atoms. The summed E-state index contributed by atoms with van der Waals surface area (Å²) in [6.45, 7) is 4.50. The van der Waals surface area contributed by atoms with Crippen molar-refractivity contribution in [3.63, 3.8) is 0 Å². The summed E-state index contributed by atoms with van der Waals surface area (Å²) in [7, 11) is 0. The molecule has 6 nitrogen and oxygen atoms in total. The molecule has 0 saturated carbocycles. The number of nitro groups is 1. The third-order valence-corrected chi connectivity index (χ3v) is 2.12. The van der Waals surface area contributed by atoms with Crippen molar-refractivity contribution >= 4 is 11.6 Å². The number of ether oxygens (including phenoxy) is 1. The summed E-state index contributed by atoms with van der Waals surface area (Å²) in [4.78, 5) is 21.3. The number of hydrogen-bond donors (Lipinski definition) is 1. The molecule has 0 aliphatic heterocycles. The van der Waals surface area contributed by atoms with Gasteiger partial charge in [0.2, 0.25) is 0 Å². The van der Waals surface area contributed by atoms with Gasteiger partial charge in [0, 0.05) is 18.7 Å². The molecular weight excluding hydrogens is 236 g/mol. The monoisotopic (exact) mass is 252 g/mol. The molecule has 0 radical (unpaired) electrons. The van der Waals surface area contributed by atoms with Gasteiger partial charge >= 0.3 is 0 Å². The van der Waals surface area contributed by atoms with Crippen molar-refractivity contribution in [2.24, 2.45) is 5.92 Å². The second-order valence-corrected chi connectivity index (χ2v) is 4.24. The molecule has 1 amide bonds. The Morgan fingerprint density at radius 1 is 1.39 bits per heavy atom. The van der Waals surface area contributed by atoms with Crippen LogP contribution in [0.1, 0.15) is 13.8 Å². The lowest BCUT2D eigenvalue weighted by Gasteiger charge is -2.08. The van der Waals surface area contributed by atoms with Gasteiger partial charge in [0.05, 0.1) is 4.92 Å². The number of amides is 1. The first kappa shape index (κ1) is 14.0. The number of non-ortho nitro benzene ring substituents is 1. The van der Waals surface area contributed by atoms with E-state index in [0.29, 0.717) is 18.2 Å². The zero-order valence-corrected chi connectivity index (χ0v) is 10.4. The maximum Gasteiger partial charge on any atom is 0.269 e. The smallest absolute Gasteiger partial charge is 0.269 e. The Hall–Kier alpha value is -2.11. The SMILES string of the molecule is CC(C)CNC(=O)COc1ccc([N+](=O)[O-])cc1. The second kappa shape index (κ2) is 6.58. The summed E-state index contributed by atoms with van der Waals surface area (Å²) in [5, 5.41) is 13.1. The molecule has 0 heterocycles. The summed E-state index contributed by atoms with van der Waals surface area (Å²) < 4.78 is 5.20. The van der Waals surface area contributed by atoms with Crippen molar-refractivity contribution in [1.82, 2.24) is 5.32 Å². The van der Waals surface area contributed by atoms with E-state index in [9.17, 15) is 14.9 Å². The molecule has 0 aromatic heterocycles. The first-order valence-corrected chi connectivity index (χ1v) is 5.63. The molecule has 0 atom stereocenters. The van der Waals surface area contributed by atoms with E-state index in [0.717, 1.165) is 0 Å². The van der Waals surface area contributed by atoms with Crippen molar-refractivity contribution in [2.45, 2.75) is 13.8 Å². The third kappa shape index (κ3) is 4.82. The number of nitrogens with zero attached hydrogens (tertiary/aromatic N) is 1. The van der Waals surface area contributed by atoms with Crippen LogP contribution in [0, 0.1) is 16.0 Å². The van der Waals surface area contributed by atoms with Crippen molar-refractivity contribution in [1.29, 1.82) is 0 Å². The minimum absolute atomic E-state index is 0.00777. The average molecular weight is 252 g/mol. The maximum absolute atomic E-state index is 11.4. The predicted molar refractivity (Wildman–Crippen MR) is 66.4 cm³/mol. The van der Waals surface area contributed by atoms with Gasteiger partial charge in [-0.05, 0) is 18.1 Å². The Morgan fingerprint density at radius 3 is 2.50 bits per heavy atom. The van der Waals surface area contributed by atoms with Gasteiger partial charge in [-0.2, -0.15) is 0 Å². The molecule has 1 N–H and O–H groups in total. The van der Waals surface area contributed by atoms with Gasteiger partial charge in [-0.15, -0.1) is 0 Å². The summed E-state index contributed by atoms with van der Waals surface area (Å²) in [6, 6.07) is 5.60. The number of nitro benzene ring substituents is 1. The molecule has 0 aliphatic carbocycles. The molecule has 0 saturated heterocycles. The van der Waals surface area contributed by atoms with E-state index in [-0.39, 0.29) is 18.2 Å². The normalized spacial score (nSPS) is 10.2. The van der Waals surface area contributed by atoms with Crippen LogP contribution in [0.25, 0.3) is 0 Å². The van der Waals surface area contributed by atoms with Crippen molar-refractivity contribution < 1.29 is 14.5 Å². The van der Waals surface area contributed by atoms with Crippen molar-refractivity contribution in [2.75, 3.05) is 13.2 Å². The van der Waals surface area contributed by atoms with Gasteiger partial charge in [0.1, 0.15) is 5.75 Å². The summed E-state index contributed by atoms with van der Waals surface area (Å²) in [5.41, 5.74) is -0.00777. The average Bonchev–Trinajstić information content (AvgIpc) is 2.34. The van der Waals surface area contributed by atoms with Crippen molar-refractivity contribution in [3.8, 4) is 5.75 Å². The van der Waals surface area contributed by atoms with E-state index in [2.05, 4.69) is 5.32 Å². The first-order valence-electron chi connectivity index (χ1n) is 5.63. The summed E-state index contributed by atoms with van der Waals surface area (Å²) in [5.74, 6) is 0.607. The van der Waals surface area contributed by atoms with Gasteiger partial charge in [-0.1, -0.05) is 13.8 Å². The van der Waals surface area contributed by atoms with Gasteiger partial charge in [0.25, 0.3) is 11.6 Å². The highest BCUT2D eigenvalue weighted by Gasteiger charge is 2.06. The van der Waals surface area contributed by atoms with Gasteiger partial charge < -0.3 is 10.1 Å². The van der Waals surface area contributed by atoms with Crippen LogP contribution in [0.5, 0.6) is 5.75 Å². The van der Waals surface area contributed by atoms with E-state index in [4.69, 9.17) is 4.74 Å². The highest BCUT2D eigenvalue weighted by molar-refractivity contribution is 5.77. The Balaban J connectivity index is 2.39. The molecule has 0 aliphatic rings. The van der Waals surface area contributed by atoms with E-state index in [1.807, 2.05) is 13.8 Å². The van der Waals surface area contributed by atoms with Crippen LogP contribution < -0.4 is 10.1 Å². The van der Waals surface area contributed by atoms with Crippen LogP contribution in [-0.2, 0) is 4.79 Å². The quantitative estimate of drug-likeness (QED) is 0.617. The zero-order chi connectivity index (χ0) is 13.5. The minimum Gasteiger partial charge on any atom is -0.484 e. The molecule has 0 fully saturated rings. The minimum atomic E-state index is -0.487. The lowest BCUT2D eigenvalue weighted by atomic mass is 10.2. The molecule has 0 spiro atoms. The molecule has 1 rings (SSSR count). The molecule has 18 heavy (non-hydrogen) atoms. The van der Waals surface area contributed by atoms with Crippen LogP contribution in [-0.4, -0.2) is 24.0 Å². The zero-order valence-electron chi connectivity index (χ0n) is 10.4. The lowest BCUT2D eigenvalue weighted by Crippen LogP contribution is -2.31. The molecule has 6 heteroatoms. The number of rotatable bonds is 6. The number of carbonyl (C=O) groups excluding carboxylic acids is 1. The maximum atomic E-state index is 11.4. The highest BCUT2D eigenvalue weighted by atomic mass is 16.6. The van der Waals surface area contributed by atoms with Gasteiger partial charge in [0.15, 0.2) is 6.61 Å². The largest absolute Gasteiger partial charge is 0.484 e. The highest BCUT2D eigenvalue weighted by Crippen LogP contribution is 2.16. The van der Waals surface area contributed by atoms with Crippen LogP contribution in [0.4, 0.5) is 5.69 Å². The topological polar surface area (TPSA) is 81.5 Å². The molecule has 98 valence electrons. The van der Waals surface area contributed by atoms with Crippen LogP contribution in [0.3, 0.4) is 0 Å². The van der Waals surface area contributed by atoms with Gasteiger partial charge in [-0.25, -0.2) is 0 Å². The van der Waals surface area contributed by atoms with Crippen molar-refractivity contribution in [3.05, 3.63) is 34.4 Å². The van der Waals surface area contributed by atoms with Crippen LogP contribution in [0.2, 0.25) is 0 Å². The van der Waals surface area contributed by atoms with E-state index < -0.39 is 4.92 Å². The Morgan fingerprint density at radius 2 is 2.00 bits per heavy atom. The first-order chi connectivity index (χ1) is 8.49. The standard InChI is InChI=1S/C12H16N2O4/c1-9(2)7-13-12(15)8-18-11-5-3-10(4-6-11)14(16)17/h3-6,9H,7-8H2,1-2H3,(H,13,15). The summed E-state index contributed by atoms with van der Waals surface area (Å²) in [6.07, 6.45) is 0. The predicted octanol–water partition coefficient (Wildman–Crippen LogP) is 1.75. The third-order valence-electron chi connectivity index (χ3n) is 2.12. The number of benzene rings is 1. The van der Waals surface area contributed by atoms with Crippen LogP contribution in [0.15, 0.2) is 24.3 Å². The molecule has 1 aromatic rings. The Bertz CT molecular complexity index is 415. The van der Waals surface area contributed by atoms with E-state index in [1.54, 1.807) is 0 Å². The molecular formula is C12H16N2O4. The lowest BCUT2D eigenvalue weighted by molar-refractivity contribution is -0.384. The Labute approximate surface area is 105 Å². The van der Waals surface area contributed by atoms with E-state index >= 15 is 0 Å². The summed E-state index contributed by atoms with van der Waals surface area (Å²) >= 11 is 0. The molecule has 1 aromatic carbocycles. The Kier molecular flexibility index (Phi) is 5.10. The second-order valence-electron chi connectivity index (χ2n) is 4.24. The fourth-order valence-corrected chi connectivity index (χ4v) is 1.18. The fraction of sp³-hybridized carbons (Fsp3) is 0.417. The fourth-order valence-electron chi connectivity index (χ4n) is 1.18.